The third kappa shape index (κ3) is 3.12. The summed E-state index contributed by atoms with van der Waals surface area (Å²) in [6.45, 7) is 1.96. The molecule has 1 heterocycles. The Kier molecular flexibility index (Phi) is 4.34. The van der Waals surface area contributed by atoms with Crippen LogP contribution in [-0.2, 0) is 9.84 Å². The van der Waals surface area contributed by atoms with E-state index in [1.165, 1.54) is 12.1 Å². The number of nitrogens with one attached hydrogen (secondary N) is 1. The van der Waals surface area contributed by atoms with Gasteiger partial charge in [0.05, 0.1) is 11.5 Å². The van der Waals surface area contributed by atoms with E-state index in [0.29, 0.717) is 6.42 Å². The van der Waals surface area contributed by atoms with Gasteiger partial charge in [-0.25, -0.2) is 12.8 Å². The quantitative estimate of drug-likeness (QED) is 0.920. The molecule has 2 rings (SSSR count). The van der Waals surface area contributed by atoms with Gasteiger partial charge in [-0.2, -0.15) is 0 Å². The van der Waals surface area contributed by atoms with E-state index < -0.39 is 9.84 Å². The summed E-state index contributed by atoms with van der Waals surface area (Å²) >= 11 is 0. The molecule has 2 unspecified atom stereocenters. The lowest BCUT2D eigenvalue weighted by atomic mass is 10.0. The first-order valence-electron chi connectivity index (χ1n) is 6.74. The Morgan fingerprint density at radius 3 is 2.70 bits per heavy atom. The second-order valence-corrected chi connectivity index (χ2v) is 7.61. The fraction of sp³-hybridized carbons (Fsp3) is 0.571. The molecule has 0 aromatic heterocycles. The molecule has 1 saturated heterocycles. The molecule has 0 saturated carbocycles. The van der Waals surface area contributed by atoms with Gasteiger partial charge in [0.2, 0.25) is 0 Å². The minimum absolute atomic E-state index is 0.00107. The monoisotopic (exact) mass is 300 g/mol. The van der Waals surface area contributed by atoms with Gasteiger partial charge < -0.3 is 10.2 Å². The lowest BCUT2D eigenvalue weighted by Crippen LogP contribution is -2.34. The van der Waals surface area contributed by atoms with Gasteiger partial charge in [-0.3, -0.25) is 0 Å². The van der Waals surface area contributed by atoms with Crippen LogP contribution in [0, 0.1) is 5.82 Å². The molecule has 112 valence electrons. The van der Waals surface area contributed by atoms with Crippen molar-refractivity contribution in [2.75, 3.05) is 30.5 Å². The zero-order valence-corrected chi connectivity index (χ0v) is 12.9. The molecule has 1 aliphatic heterocycles. The van der Waals surface area contributed by atoms with Crippen LogP contribution in [-0.4, -0.2) is 40.1 Å². The Bertz CT molecular complexity index is 589. The normalized spacial score (nSPS) is 22.7. The summed E-state index contributed by atoms with van der Waals surface area (Å²) in [5.41, 5.74) is 1.73. The fourth-order valence-electron chi connectivity index (χ4n) is 2.63. The SMILES string of the molecule is CNC(C)c1cc(F)ccc1N(C)C1CCS(=O)(=O)C1. The Morgan fingerprint density at radius 1 is 1.45 bits per heavy atom. The number of rotatable bonds is 4. The van der Waals surface area contributed by atoms with E-state index >= 15 is 0 Å². The minimum atomic E-state index is -2.93. The molecular formula is C14H21FN2O2S. The van der Waals surface area contributed by atoms with Crippen LogP contribution < -0.4 is 10.2 Å². The number of hydrogen-bond acceptors (Lipinski definition) is 4. The molecule has 2 atom stereocenters. The summed E-state index contributed by atoms with van der Waals surface area (Å²) < 4.78 is 36.7. The highest BCUT2D eigenvalue weighted by Gasteiger charge is 2.31. The van der Waals surface area contributed by atoms with E-state index in [1.807, 2.05) is 25.9 Å². The lowest BCUT2D eigenvalue weighted by Gasteiger charge is -2.29. The summed E-state index contributed by atoms with van der Waals surface area (Å²) in [5, 5.41) is 3.10. The van der Waals surface area contributed by atoms with Crippen molar-refractivity contribution in [2.24, 2.45) is 0 Å². The molecule has 0 radical (unpaired) electrons. The number of halogens is 1. The van der Waals surface area contributed by atoms with Gasteiger partial charge in [0.1, 0.15) is 5.82 Å². The molecule has 0 bridgehead atoms. The summed E-state index contributed by atoms with van der Waals surface area (Å²) in [6, 6.07) is 4.62. The van der Waals surface area contributed by atoms with Gasteiger partial charge in [0.25, 0.3) is 0 Å². The van der Waals surface area contributed by atoms with Crippen molar-refractivity contribution in [1.82, 2.24) is 5.32 Å². The third-order valence-corrected chi connectivity index (χ3v) is 5.78. The highest BCUT2D eigenvalue weighted by molar-refractivity contribution is 7.91. The van der Waals surface area contributed by atoms with Gasteiger partial charge in [0.15, 0.2) is 9.84 Å². The van der Waals surface area contributed by atoms with Crippen LogP contribution in [0.1, 0.15) is 24.9 Å². The Labute approximate surface area is 119 Å². The molecule has 20 heavy (non-hydrogen) atoms. The molecule has 4 nitrogen and oxygen atoms in total. The fourth-order valence-corrected chi connectivity index (χ4v) is 4.40. The maximum absolute atomic E-state index is 13.5. The second-order valence-electron chi connectivity index (χ2n) is 5.38. The molecular weight excluding hydrogens is 279 g/mol. The maximum atomic E-state index is 13.5. The number of benzene rings is 1. The number of hydrogen-bond donors (Lipinski definition) is 1. The Balaban J connectivity index is 2.32. The van der Waals surface area contributed by atoms with Crippen molar-refractivity contribution in [3.63, 3.8) is 0 Å². The van der Waals surface area contributed by atoms with Crippen molar-refractivity contribution in [2.45, 2.75) is 25.4 Å². The standard InChI is InChI=1S/C14H21FN2O2S/c1-10(16-2)13-8-11(15)4-5-14(13)17(3)12-6-7-20(18,19)9-12/h4-5,8,10,12,16H,6-7,9H2,1-3H3. The van der Waals surface area contributed by atoms with Crippen molar-refractivity contribution < 1.29 is 12.8 Å². The minimum Gasteiger partial charge on any atom is -0.370 e. The molecule has 1 N–H and O–H groups in total. The smallest absolute Gasteiger partial charge is 0.152 e. The van der Waals surface area contributed by atoms with Crippen LogP contribution in [0.2, 0.25) is 0 Å². The average Bonchev–Trinajstić information content (AvgIpc) is 2.77. The zero-order valence-electron chi connectivity index (χ0n) is 12.1. The predicted molar refractivity (Wildman–Crippen MR) is 79.3 cm³/mol. The van der Waals surface area contributed by atoms with E-state index in [0.717, 1.165) is 11.3 Å². The first kappa shape index (κ1) is 15.3. The number of sulfone groups is 1. The van der Waals surface area contributed by atoms with E-state index in [4.69, 9.17) is 0 Å². The molecule has 0 aliphatic carbocycles. The molecule has 0 spiro atoms. The zero-order chi connectivity index (χ0) is 14.9. The number of nitrogens with zero attached hydrogens (tertiary/aromatic N) is 1. The average molecular weight is 300 g/mol. The van der Waals surface area contributed by atoms with E-state index in [2.05, 4.69) is 5.32 Å². The van der Waals surface area contributed by atoms with Gasteiger partial charge in [-0.05, 0) is 44.2 Å². The van der Waals surface area contributed by atoms with E-state index in [1.54, 1.807) is 6.07 Å². The van der Waals surface area contributed by atoms with Gasteiger partial charge in [-0.1, -0.05) is 0 Å². The molecule has 1 aromatic rings. The van der Waals surface area contributed by atoms with E-state index in [9.17, 15) is 12.8 Å². The van der Waals surface area contributed by atoms with Crippen molar-refractivity contribution in [3.05, 3.63) is 29.6 Å². The first-order chi connectivity index (χ1) is 9.34. The van der Waals surface area contributed by atoms with Crippen molar-refractivity contribution >= 4 is 15.5 Å². The molecule has 1 fully saturated rings. The topological polar surface area (TPSA) is 49.4 Å². The molecule has 1 aromatic carbocycles. The summed E-state index contributed by atoms with van der Waals surface area (Å²) in [7, 11) is 0.772. The van der Waals surface area contributed by atoms with Crippen molar-refractivity contribution in [1.29, 1.82) is 0 Å². The third-order valence-electron chi connectivity index (χ3n) is 4.03. The molecule has 6 heteroatoms. The summed E-state index contributed by atoms with van der Waals surface area (Å²) in [6.07, 6.45) is 0.629. The highest BCUT2D eigenvalue weighted by atomic mass is 32.2. The van der Waals surface area contributed by atoms with Gasteiger partial charge >= 0.3 is 0 Å². The summed E-state index contributed by atoms with van der Waals surface area (Å²) in [4.78, 5) is 1.97. The van der Waals surface area contributed by atoms with Crippen LogP contribution in [0.5, 0.6) is 0 Å². The Morgan fingerprint density at radius 2 is 2.15 bits per heavy atom. The maximum Gasteiger partial charge on any atom is 0.152 e. The number of anilines is 1. The molecule has 0 amide bonds. The molecule has 1 aliphatic rings. The van der Waals surface area contributed by atoms with Gasteiger partial charge in [0, 0.05) is 24.8 Å². The first-order valence-corrected chi connectivity index (χ1v) is 8.56. The largest absolute Gasteiger partial charge is 0.370 e. The summed E-state index contributed by atoms with van der Waals surface area (Å²) in [5.74, 6) is 0.132. The van der Waals surface area contributed by atoms with Gasteiger partial charge in [-0.15, -0.1) is 0 Å². The van der Waals surface area contributed by atoms with Crippen LogP contribution in [0.25, 0.3) is 0 Å². The Hall–Kier alpha value is -1.14. The van der Waals surface area contributed by atoms with Crippen LogP contribution in [0.15, 0.2) is 18.2 Å². The second kappa shape index (κ2) is 5.69. The van der Waals surface area contributed by atoms with E-state index in [-0.39, 0.29) is 29.4 Å². The van der Waals surface area contributed by atoms with Crippen LogP contribution >= 0.6 is 0 Å². The highest BCUT2D eigenvalue weighted by Crippen LogP contribution is 2.30. The van der Waals surface area contributed by atoms with Crippen molar-refractivity contribution in [3.8, 4) is 0 Å². The van der Waals surface area contributed by atoms with Crippen LogP contribution in [0.4, 0.5) is 10.1 Å². The predicted octanol–water partition coefficient (Wildman–Crippen LogP) is 1.73. The van der Waals surface area contributed by atoms with Crippen LogP contribution in [0.3, 0.4) is 0 Å². The lowest BCUT2D eigenvalue weighted by molar-refractivity contribution is 0.598.